The van der Waals surface area contributed by atoms with E-state index in [4.69, 9.17) is 14.6 Å². The first kappa shape index (κ1) is 15.7. The van der Waals surface area contributed by atoms with Crippen molar-refractivity contribution in [2.24, 2.45) is 0 Å². The van der Waals surface area contributed by atoms with Crippen LogP contribution in [-0.4, -0.2) is 69.6 Å². The van der Waals surface area contributed by atoms with Crippen molar-refractivity contribution in [3.05, 3.63) is 26.9 Å². The lowest BCUT2D eigenvalue weighted by atomic mass is 9.97. The third kappa shape index (κ3) is 3.31. The van der Waals surface area contributed by atoms with Gasteiger partial charge in [0.15, 0.2) is 6.29 Å². The third-order valence-electron chi connectivity index (χ3n) is 3.20. The second-order valence-electron chi connectivity index (χ2n) is 4.61. The van der Waals surface area contributed by atoms with Crippen LogP contribution in [0.4, 0.5) is 5.82 Å². The summed E-state index contributed by atoms with van der Waals surface area (Å²) in [5, 5.41) is 31.7. The number of aliphatic hydroxyl groups excluding tert-OH is 3. The lowest BCUT2D eigenvalue weighted by molar-refractivity contribution is -0.254. The Hall–Kier alpha value is -1.72. The maximum absolute atomic E-state index is 11.2. The average molecular weight is 303 g/mol. The SMILES string of the molecule is CO[C@@H]1O[C@H](CO)[C@H](O)[C@H](O)[C@H]1Nc1cc(=O)[nH]c(=O)[nH]1. The predicted molar refractivity (Wildman–Crippen MR) is 69.9 cm³/mol. The Balaban J connectivity index is 2.23. The molecule has 1 fully saturated rings. The summed E-state index contributed by atoms with van der Waals surface area (Å²) in [4.78, 5) is 26.7. The van der Waals surface area contributed by atoms with E-state index in [-0.39, 0.29) is 5.82 Å². The molecule has 0 saturated carbocycles. The zero-order chi connectivity index (χ0) is 15.6. The van der Waals surface area contributed by atoms with Crippen LogP contribution in [0.3, 0.4) is 0 Å². The molecule has 6 N–H and O–H groups in total. The van der Waals surface area contributed by atoms with Crippen molar-refractivity contribution in [3.8, 4) is 0 Å². The molecule has 0 unspecified atom stereocenters. The molecular weight excluding hydrogens is 286 g/mol. The van der Waals surface area contributed by atoms with Crippen LogP contribution < -0.4 is 16.6 Å². The molecule has 2 heterocycles. The topological polar surface area (TPSA) is 157 Å². The fraction of sp³-hybridized carbons (Fsp3) is 0.636. The molecule has 0 amide bonds. The van der Waals surface area contributed by atoms with E-state index in [1.165, 1.54) is 7.11 Å². The Kier molecular flexibility index (Phi) is 4.75. The fourth-order valence-electron chi connectivity index (χ4n) is 2.16. The number of hydrogen-bond donors (Lipinski definition) is 6. The molecule has 1 aliphatic heterocycles. The van der Waals surface area contributed by atoms with Gasteiger partial charge in [-0.2, -0.15) is 0 Å². The highest BCUT2D eigenvalue weighted by molar-refractivity contribution is 5.34. The van der Waals surface area contributed by atoms with Crippen LogP contribution in [0.25, 0.3) is 0 Å². The molecular formula is C11H17N3O7. The number of anilines is 1. The number of aliphatic hydroxyl groups is 3. The molecule has 10 heteroatoms. The van der Waals surface area contributed by atoms with Gasteiger partial charge >= 0.3 is 5.69 Å². The maximum atomic E-state index is 11.2. The summed E-state index contributed by atoms with van der Waals surface area (Å²) in [7, 11) is 1.32. The normalized spacial score (nSPS) is 32.9. The minimum absolute atomic E-state index is 0.0353. The second kappa shape index (κ2) is 6.37. The number of methoxy groups -OCH3 is 1. The van der Waals surface area contributed by atoms with Gasteiger partial charge in [-0.3, -0.25) is 14.8 Å². The van der Waals surface area contributed by atoms with Gasteiger partial charge < -0.3 is 30.1 Å². The summed E-state index contributed by atoms with van der Waals surface area (Å²) in [5.74, 6) is 0.0353. The fourth-order valence-corrected chi connectivity index (χ4v) is 2.16. The van der Waals surface area contributed by atoms with Gasteiger partial charge in [-0.05, 0) is 0 Å². The van der Waals surface area contributed by atoms with Crippen LogP contribution in [0.2, 0.25) is 0 Å². The van der Waals surface area contributed by atoms with E-state index in [1.807, 2.05) is 4.98 Å². The van der Waals surface area contributed by atoms with E-state index in [1.54, 1.807) is 0 Å². The van der Waals surface area contributed by atoms with Gasteiger partial charge in [0.25, 0.3) is 5.56 Å². The van der Waals surface area contributed by atoms with Crippen LogP contribution in [-0.2, 0) is 9.47 Å². The molecule has 0 aromatic carbocycles. The molecule has 0 aliphatic carbocycles. The Labute approximate surface area is 118 Å². The zero-order valence-corrected chi connectivity index (χ0v) is 11.1. The minimum Gasteiger partial charge on any atom is -0.394 e. The van der Waals surface area contributed by atoms with Crippen molar-refractivity contribution >= 4 is 5.82 Å². The highest BCUT2D eigenvalue weighted by Gasteiger charge is 2.44. The molecule has 5 atom stereocenters. The van der Waals surface area contributed by atoms with Gasteiger partial charge in [-0.15, -0.1) is 0 Å². The summed E-state index contributed by atoms with van der Waals surface area (Å²) in [6, 6.07) is 0.121. The van der Waals surface area contributed by atoms with Crippen molar-refractivity contribution in [1.29, 1.82) is 0 Å². The molecule has 118 valence electrons. The van der Waals surface area contributed by atoms with Crippen molar-refractivity contribution in [1.82, 2.24) is 9.97 Å². The Morgan fingerprint density at radius 1 is 1.33 bits per heavy atom. The Morgan fingerprint density at radius 2 is 2.05 bits per heavy atom. The Bertz CT molecular complexity index is 555. The highest BCUT2D eigenvalue weighted by atomic mass is 16.7. The highest BCUT2D eigenvalue weighted by Crippen LogP contribution is 2.23. The van der Waals surface area contributed by atoms with Gasteiger partial charge in [0.1, 0.15) is 30.2 Å². The summed E-state index contributed by atoms with van der Waals surface area (Å²) < 4.78 is 10.3. The number of hydrogen-bond acceptors (Lipinski definition) is 8. The van der Waals surface area contributed by atoms with Gasteiger partial charge in [0.05, 0.1) is 6.61 Å². The number of H-pyrrole nitrogens is 2. The van der Waals surface area contributed by atoms with Gasteiger partial charge in [0.2, 0.25) is 0 Å². The minimum atomic E-state index is -1.35. The summed E-state index contributed by atoms with van der Waals surface area (Å²) in [6.07, 6.45) is -4.69. The predicted octanol–water partition coefficient (Wildman–Crippen LogP) is -3.07. The molecule has 2 rings (SSSR count). The molecule has 1 aromatic heterocycles. The third-order valence-corrected chi connectivity index (χ3v) is 3.20. The lowest BCUT2D eigenvalue weighted by Crippen LogP contribution is -2.61. The van der Waals surface area contributed by atoms with E-state index in [9.17, 15) is 19.8 Å². The maximum Gasteiger partial charge on any atom is 0.327 e. The molecule has 1 aromatic rings. The molecule has 0 radical (unpaired) electrons. The van der Waals surface area contributed by atoms with Gasteiger partial charge in [0, 0.05) is 13.2 Å². The van der Waals surface area contributed by atoms with Crippen LogP contribution in [0.5, 0.6) is 0 Å². The van der Waals surface area contributed by atoms with E-state index < -0.39 is 48.5 Å². The first-order valence-electron chi connectivity index (χ1n) is 6.21. The smallest absolute Gasteiger partial charge is 0.327 e. The largest absolute Gasteiger partial charge is 0.394 e. The summed E-state index contributed by atoms with van der Waals surface area (Å²) in [5.41, 5.74) is -1.35. The van der Waals surface area contributed by atoms with Crippen molar-refractivity contribution in [3.63, 3.8) is 0 Å². The van der Waals surface area contributed by atoms with Crippen LogP contribution in [0, 0.1) is 0 Å². The molecule has 1 saturated heterocycles. The Morgan fingerprint density at radius 3 is 2.62 bits per heavy atom. The van der Waals surface area contributed by atoms with E-state index in [2.05, 4.69) is 10.3 Å². The lowest BCUT2D eigenvalue weighted by Gasteiger charge is -2.41. The molecule has 0 spiro atoms. The zero-order valence-electron chi connectivity index (χ0n) is 11.1. The molecule has 10 nitrogen and oxygen atoms in total. The van der Waals surface area contributed by atoms with E-state index in [0.29, 0.717) is 0 Å². The van der Waals surface area contributed by atoms with Crippen LogP contribution in [0.15, 0.2) is 15.7 Å². The van der Waals surface area contributed by atoms with Gasteiger partial charge in [-0.25, -0.2) is 4.79 Å². The number of rotatable bonds is 4. The molecule has 21 heavy (non-hydrogen) atoms. The van der Waals surface area contributed by atoms with Crippen LogP contribution >= 0.6 is 0 Å². The number of nitrogens with one attached hydrogen (secondary N) is 3. The van der Waals surface area contributed by atoms with Gasteiger partial charge in [-0.1, -0.05) is 0 Å². The first-order chi connectivity index (χ1) is 9.96. The van der Waals surface area contributed by atoms with Crippen molar-refractivity contribution in [2.75, 3.05) is 19.0 Å². The van der Waals surface area contributed by atoms with Crippen molar-refractivity contribution < 1.29 is 24.8 Å². The average Bonchev–Trinajstić information content (AvgIpc) is 2.43. The van der Waals surface area contributed by atoms with Crippen molar-refractivity contribution in [2.45, 2.75) is 30.6 Å². The summed E-state index contributed by atoms with van der Waals surface area (Å²) in [6.45, 7) is -0.493. The monoisotopic (exact) mass is 303 g/mol. The first-order valence-corrected chi connectivity index (χ1v) is 6.21. The summed E-state index contributed by atoms with van der Waals surface area (Å²) >= 11 is 0. The second-order valence-corrected chi connectivity index (χ2v) is 4.61. The molecule has 0 bridgehead atoms. The van der Waals surface area contributed by atoms with Crippen LogP contribution in [0.1, 0.15) is 0 Å². The quantitative estimate of drug-likeness (QED) is 0.342. The molecule has 1 aliphatic rings. The van der Waals surface area contributed by atoms with E-state index >= 15 is 0 Å². The number of aromatic amines is 2. The van der Waals surface area contributed by atoms with E-state index in [0.717, 1.165) is 6.07 Å². The standard InChI is InChI=1S/C11H17N3O7/c1-20-10-7(9(18)8(17)4(3-15)21-10)12-5-2-6(16)14-11(19)13-5/h2,4,7-10,15,17-18H,3H2,1H3,(H3,12,13,14,16,19)/t4-,7-,8+,9-,10-/m1/s1. The number of ether oxygens (including phenoxy) is 2. The number of aromatic nitrogens is 2.